The molecule has 0 aliphatic heterocycles. The van der Waals surface area contributed by atoms with E-state index in [0.29, 0.717) is 10.6 Å². The fourth-order valence-electron chi connectivity index (χ4n) is 2.23. The Hall–Kier alpha value is -3.20. The van der Waals surface area contributed by atoms with Gasteiger partial charge < -0.3 is 9.15 Å². The van der Waals surface area contributed by atoms with Crippen molar-refractivity contribution in [2.75, 3.05) is 14.2 Å². The van der Waals surface area contributed by atoms with E-state index in [4.69, 9.17) is 9.15 Å². The van der Waals surface area contributed by atoms with Crippen molar-refractivity contribution in [3.05, 3.63) is 62.5 Å². The van der Waals surface area contributed by atoms with Gasteiger partial charge in [-0.05, 0) is 18.2 Å². The van der Waals surface area contributed by atoms with E-state index in [0.717, 1.165) is 11.3 Å². The van der Waals surface area contributed by atoms with Crippen molar-refractivity contribution < 1.29 is 14.1 Å². The van der Waals surface area contributed by atoms with E-state index in [2.05, 4.69) is 10.1 Å². The highest BCUT2D eigenvalue weighted by atomic mass is 32.1. The Balaban J connectivity index is 2.05. The fourth-order valence-corrected chi connectivity index (χ4v) is 3.02. The lowest BCUT2D eigenvalue weighted by molar-refractivity contribution is -0.402. The lowest BCUT2D eigenvalue weighted by Crippen LogP contribution is -2.11. The van der Waals surface area contributed by atoms with Crippen LogP contribution in [0.5, 0.6) is 5.75 Å². The average molecular weight is 358 g/mol. The van der Waals surface area contributed by atoms with Crippen molar-refractivity contribution >= 4 is 23.4 Å². The standard InChI is InChI=1S/C16H14N4O4S/c1-17-16-19(18-9-11-7-8-15(24-11)20(21)22)13(10-25-16)12-5-3-4-6-14(12)23-2/h3-10H,1-2H3. The highest BCUT2D eigenvalue weighted by molar-refractivity contribution is 7.07. The Bertz CT molecular complexity index is 999. The van der Waals surface area contributed by atoms with Crippen LogP contribution in [0.2, 0.25) is 0 Å². The first-order valence-corrected chi connectivity index (χ1v) is 8.07. The van der Waals surface area contributed by atoms with E-state index in [1.807, 2.05) is 29.6 Å². The molecule has 0 aliphatic rings. The lowest BCUT2D eigenvalue weighted by Gasteiger charge is -2.08. The summed E-state index contributed by atoms with van der Waals surface area (Å²) in [5.74, 6) is 0.654. The molecular weight excluding hydrogens is 344 g/mol. The molecule has 3 aromatic rings. The van der Waals surface area contributed by atoms with Crippen molar-refractivity contribution in [2.45, 2.75) is 0 Å². The first-order chi connectivity index (χ1) is 12.1. The number of rotatable bonds is 5. The van der Waals surface area contributed by atoms with Crippen molar-refractivity contribution in [1.29, 1.82) is 0 Å². The maximum atomic E-state index is 10.7. The molecule has 0 radical (unpaired) electrons. The molecule has 3 rings (SSSR count). The minimum absolute atomic E-state index is 0.276. The van der Waals surface area contributed by atoms with Gasteiger partial charge in [0.15, 0.2) is 5.76 Å². The molecule has 8 nitrogen and oxygen atoms in total. The number of aromatic nitrogens is 1. The van der Waals surface area contributed by atoms with Gasteiger partial charge in [-0.25, -0.2) is 4.68 Å². The number of nitrogens with zero attached hydrogens (tertiary/aromatic N) is 4. The zero-order chi connectivity index (χ0) is 17.8. The van der Waals surface area contributed by atoms with E-state index in [9.17, 15) is 10.1 Å². The molecule has 25 heavy (non-hydrogen) atoms. The van der Waals surface area contributed by atoms with E-state index in [-0.39, 0.29) is 11.6 Å². The molecule has 0 saturated carbocycles. The second-order valence-electron chi connectivity index (χ2n) is 4.82. The van der Waals surface area contributed by atoms with E-state index >= 15 is 0 Å². The Morgan fingerprint density at radius 2 is 2.12 bits per heavy atom. The van der Waals surface area contributed by atoms with Crippen LogP contribution >= 0.6 is 11.3 Å². The first-order valence-electron chi connectivity index (χ1n) is 7.19. The number of methoxy groups -OCH3 is 1. The van der Waals surface area contributed by atoms with Crippen LogP contribution in [0, 0.1) is 10.1 Å². The Kier molecular flexibility index (Phi) is 4.75. The third-order valence-electron chi connectivity index (χ3n) is 3.35. The maximum absolute atomic E-state index is 10.7. The van der Waals surface area contributed by atoms with Crippen LogP contribution in [-0.2, 0) is 0 Å². The van der Waals surface area contributed by atoms with Crippen molar-refractivity contribution in [3.8, 4) is 17.0 Å². The normalized spacial score (nSPS) is 12.0. The van der Waals surface area contributed by atoms with Crippen LogP contribution in [0.3, 0.4) is 0 Å². The van der Waals surface area contributed by atoms with Crippen LogP contribution in [-0.4, -0.2) is 30.0 Å². The molecule has 0 amide bonds. The number of hydrogen-bond acceptors (Lipinski definition) is 7. The molecule has 0 atom stereocenters. The fraction of sp³-hybridized carbons (Fsp3) is 0.125. The number of ether oxygens (including phenoxy) is 1. The summed E-state index contributed by atoms with van der Waals surface area (Å²) >= 11 is 1.42. The maximum Gasteiger partial charge on any atom is 0.433 e. The molecule has 0 N–H and O–H groups in total. The second kappa shape index (κ2) is 7.14. The van der Waals surface area contributed by atoms with E-state index in [1.54, 1.807) is 18.8 Å². The van der Waals surface area contributed by atoms with Gasteiger partial charge in [0, 0.05) is 18.0 Å². The molecule has 2 aromatic heterocycles. The molecular formula is C16H14N4O4S. The van der Waals surface area contributed by atoms with Gasteiger partial charge in [-0.1, -0.05) is 12.1 Å². The molecule has 0 bridgehead atoms. The summed E-state index contributed by atoms with van der Waals surface area (Å²) in [5, 5.41) is 17.0. The Morgan fingerprint density at radius 1 is 1.32 bits per heavy atom. The molecule has 1 aromatic carbocycles. The molecule has 128 valence electrons. The van der Waals surface area contributed by atoms with Gasteiger partial charge in [-0.3, -0.25) is 15.1 Å². The quantitative estimate of drug-likeness (QED) is 0.398. The zero-order valence-electron chi connectivity index (χ0n) is 13.4. The molecule has 2 heterocycles. The van der Waals surface area contributed by atoms with Gasteiger partial charge in [0.25, 0.3) is 0 Å². The predicted octanol–water partition coefficient (Wildman–Crippen LogP) is 3.14. The highest BCUT2D eigenvalue weighted by Crippen LogP contribution is 2.29. The van der Waals surface area contributed by atoms with Gasteiger partial charge in [0.2, 0.25) is 4.80 Å². The highest BCUT2D eigenvalue weighted by Gasteiger charge is 2.13. The number of nitro groups is 1. The smallest absolute Gasteiger partial charge is 0.433 e. The van der Waals surface area contributed by atoms with E-state index < -0.39 is 4.92 Å². The third-order valence-corrected chi connectivity index (χ3v) is 4.26. The summed E-state index contributed by atoms with van der Waals surface area (Å²) in [5.41, 5.74) is 1.65. The van der Waals surface area contributed by atoms with Crippen LogP contribution in [0.4, 0.5) is 5.88 Å². The monoisotopic (exact) mass is 358 g/mol. The molecule has 0 aliphatic carbocycles. The number of hydrogen-bond donors (Lipinski definition) is 0. The van der Waals surface area contributed by atoms with Gasteiger partial charge in [-0.2, -0.15) is 5.10 Å². The minimum atomic E-state index is -0.595. The molecule has 0 unspecified atom stereocenters. The summed E-state index contributed by atoms with van der Waals surface area (Å²) in [6, 6.07) is 10.3. The van der Waals surface area contributed by atoms with E-state index in [1.165, 1.54) is 29.7 Å². The van der Waals surface area contributed by atoms with Gasteiger partial charge in [0.1, 0.15) is 10.7 Å². The summed E-state index contributed by atoms with van der Waals surface area (Å²) in [7, 11) is 3.27. The lowest BCUT2D eigenvalue weighted by atomic mass is 10.1. The zero-order valence-corrected chi connectivity index (χ0v) is 14.3. The molecule has 0 spiro atoms. The van der Waals surface area contributed by atoms with Crippen molar-refractivity contribution in [3.63, 3.8) is 0 Å². The SMILES string of the molecule is CN=c1scc(-c2ccccc2OC)n1N=Cc1ccc([N+](=O)[O-])o1. The summed E-state index contributed by atoms with van der Waals surface area (Å²) < 4.78 is 12.1. The first kappa shape index (κ1) is 16.7. The van der Waals surface area contributed by atoms with Crippen LogP contribution in [0.15, 0.2) is 56.3 Å². The molecule has 0 fully saturated rings. The third kappa shape index (κ3) is 3.36. The summed E-state index contributed by atoms with van der Waals surface area (Å²) in [6.45, 7) is 0. The van der Waals surface area contributed by atoms with Crippen LogP contribution < -0.4 is 9.54 Å². The number of furan rings is 1. The number of para-hydroxylation sites is 1. The number of benzene rings is 1. The topological polar surface area (TPSA) is 95.2 Å². The van der Waals surface area contributed by atoms with Crippen molar-refractivity contribution in [1.82, 2.24) is 4.68 Å². The Morgan fingerprint density at radius 3 is 2.80 bits per heavy atom. The van der Waals surface area contributed by atoms with Gasteiger partial charge in [-0.15, -0.1) is 11.3 Å². The Labute approximate surface area is 146 Å². The van der Waals surface area contributed by atoms with Gasteiger partial charge in [0.05, 0.1) is 25.1 Å². The number of thiazole rings is 1. The van der Waals surface area contributed by atoms with Gasteiger partial charge >= 0.3 is 5.88 Å². The van der Waals surface area contributed by atoms with Crippen molar-refractivity contribution in [2.24, 2.45) is 10.1 Å². The molecule has 9 heteroatoms. The minimum Gasteiger partial charge on any atom is -0.496 e. The van der Waals surface area contributed by atoms with Crippen LogP contribution in [0.1, 0.15) is 5.76 Å². The summed E-state index contributed by atoms with van der Waals surface area (Å²) in [4.78, 5) is 15.0. The second-order valence-corrected chi connectivity index (χ2v) is 5.65. The predicted molar refractivity (Wildman–Crippen MR) is 94.1 cm³/mol. The van der Waals surface area contributed by atoms with Crippen LogP contribution in [0.25, 0.3) is 11.3 Å². The largest absolute Gasteiger partial charge is 0.496 e. The average Bonchev–Trinajstić information content (AvgIpc) is 3.26. The summed E-state index contributed by atoms with van der Waals surface area (Å²) in [6.07, 6.45) is 1.41. The molecule has 0 saturated heterocycles.